The van der Waals surface area contributed by atoms with Gasteiger partial charge in [-0.15, -0.1) is 0 Å². The Morgan fingerprint density at radius 2 is 1.67 bits per heavy atom. The molecular formula is C18H33N3. The molecule has 1 aromatic carbocycles. The summed E-state index contributed by atoms with van der Waals surface area (Å²) < 4.78 is 0. The van der Waals surface area contributed by atoms with Crippen LogP contribution in [0.25, 0.3) is 0 Å². The van der Waals surface area contributed by atoms with Crippen molar-refractivity contribution < 1.29 is 0 Å². The Balaban J connectivity index is 2.62. The Bertz CT molecular complexity index is 373. The zero-order chi connectivity index (χ0) is 15.7. The lowest BCUT2D eigenvalue weighted by Gasteiger charge is -2.26. The molecule has 0 aliphatic heterocycles. The highest BCUT2D eigenvalue weighted by molar-refractivity contribution is 5.25. The molecule has 0 aliphatic carbocycles. The second-order valence-electron chi connectivity index (χ2n) is 6.17. The highest BCUT2D eigenvalue weighted by atomic mass is 15.2. The van der Waals surface area contributed by atoms with E-state index in [2.05, 4.69) is 74.4 Å². The fraction of sp³-hybridized carbons (Fsp3) is 0.667. The zero-order valence-corrected chi connectivity index (χ0v) is 14.5. The van der Waals surface area contributed by atoms with Gasteiger partial charge in [0.1, 0.15) is 0 Å². The van der Waals surface area contributed by atoms with Gasteiger partial charge >= 0.3 is 0 Å². The smallest absolute Gasteiger partial charge is 0.0449 e. The number of hydrogen-bond acceptors (Lipinski definition) is 3. The lowest BCUT2D eigenvalue weighted by Crippen LogP contribution is -2.36. The van der Waals surface area contributed by atoms with Crippen LogP contribution in [-0.2, 0) is 6.42 Å². The quantitative estimate of drug-likeness (QED) is 0.715. The van der Waals surface area contributed by atoms with Crippen LogP contribution in [0.3, 0.4) is 0 Å². The van der Waals surface area contributed by atoms with E-state index >= 15 is 0 Å². The summed E-state index contributed by atoms with van der Waals surface area (Å²) in [6, 6.07) is 9.56. The number of hydrogen-bond donors (Lipinski definition) is 1. The number of nitrogens with zero attached hydrogens (tertiary/aromatic N) is 2. The molecule has 3 nitrogen and oxygen atoms in total. The summed E-state index contributed by atoms with van der Waals surface area (Å²) in [6.45, 7) is 8.67. The van der Waals surface area contributed by atoms with E-state index in [9.17, 15) is 0 Å². The third kappa shape index (κ3) is 7.07. The first-order valence-electron chi connectivity index (χ1n) is 8.22. The van der Waals surface area contributed by atoms with E-state index < -0.39 is 0 Å². The van der Waals surface area contributed by atoms with Crippen LogP contribution >= 0.6 is 0 Å². The van der Waals surface area contributed by atoms with E-state index in [4.69, 9.17) is 0 Å². The number of benzene rings is 1. The Morgan fingerprint density at radius 3 is 2.19 bits per heavy atom. The normalized spacial score (nSPS) is 13.1. The molecule has 0 saturated carbocycles. The van der Waals surface area contributed by atoms with E-state index in [1.54, 1.807) is 0 Å². The Morgan fingerprint density at radius 1 is 1.00 bits per heavy atom. The molecule has 1 atom stereocenters. The number of likely N-dealkylation sites (N-methyl/N-ethyl adjacent to an activating group) is 3. The minimum atomic E-state index is 0.415. The summed E-state index contributed by atoms with van der Waals surface area (Å²) in [6.07, 6.45) is 2.39. The van der Waals surface area contributed by atoms with Gasteiger partial charge in [0.2, 0.25) is 0 Å². The molecule has 0 aromatic heterocycles. The molecule has 120 valence electrons. The number of aryl methyl sites for hydroxylation is 1. The van der Waals surface area contributed by atoms with Gasteiger partial charge in [-0.25, -0.2) is 0 Å². The van der Waals surface area contributed by atoms with Crippen LogP contribution in [0.4, 0.5) is 0 Å². The molecular weight excluding hydrogens is 258 g/mol. The molecule has 0 amide bonds. The highest BCUT2D eigenvalue weighted by Gasteiger charge is 2.13. The third-order valence-electron chi connectivity index (χ3n) is 3.79. The maximum Gasteiger partial charge on any atom is 0.0449 e. The van der Waals surface area contributed by atoms with Gasteiger partial charge in [0, 0.05) is 25.7 Å². The monoisotopic (exact) mass is 291 g/mol. The van der Waals surface area contributed by atoms with Crippen LogP contribution in [0.1, 0.15) is 37.4 Å². The van der Waals surface area contributed by atoms with Crippen molar-refractivity contribution in [2.24, 2.45) is 0 Å². The van der Waals surface area contributed by atoms with Crippen molar-refractivity contribution in [2.75, 3.05) is 47.3 Å². The average Bonchev–Trinajstić information content (AvgIpc) is 2.46. The number of nitrogens with one attached hydrogen (secondary N) is 1. The third-order valence-corrected chi connectivity index (χ3v) is 3.79. The molecule has 0 heterocycles. The first-order chi connectivity index (χ1) is 10.1. The van der Waals surface area contributed by atoms with Crippen molar-refractivity contribution in [2.45, 2.75) is 32.7 Å². The maximum atomic E-state index is 3.61. The Labute approximate surface area is 131 Å². The lowest BCUT2D eigenvalue weighted by atomic mass is 10.0. The lowest BCUT2D eigenvalue weighted by molar-refractivity contribution is 0.257. The molecule has 1 aromatic rings. The van der Waals surface area contributed by atoms with Crippen LogP contribution in [0.5, 0.6) is 0 Å². The van der Waals surface area contributed by atoms with Crippen LogP contribution in [0.2, 0.25) is 0 Å². The van der Waals surface area contributed by atoms with Gasteiger partial charge in [0.25, 0.3) is 0 Å². The van der Waals surface area contributed by atoms with E-state index in [-0.39, 0.29) is 0 Å². The second-order valence-corrected chi connectivity index (χ2v) is 6.17. The second kappa shape index (κ2) is 9.93. The largest absolute Gasteiger partial charge is 0.309 e. The molecule has 1 unspecified atom stereocenters. The Hall–Kier alpha value is -0.900. The summed E-state index contributed by atoms with van der Waals surface area (Å²) >= 11 is 0. The Kier molecular flexibility index (Phi) is 8.58. The average molecular weight is 291 g/mol. The van der Waals surface area contributed by atoms with Gasteiger partial charge in [-0.2, -0.15) is 0 Å². The molecule has 0 aliphatic rings. The van der Waals surface area contributed by atoms with E-state index in [0.717, 1.165) is 26.2 Å². The zero-order valence-electron chi connectivity index (χ0n) is 14.5. The summed E-state index contributed by atoms with van der Waals surface area (Å²) in [5.41, 5.74) is 2.84. The van der Waals surface area contributed by atoms with Crippen molar-refractivity contribution >= 4 is 0 Å². The fourth-order valence-electron chi connectivity index (χ4n) is 2.51. The SMILES string of the molecule is CCCc1ccc(C(CN(C)CCN(C)C)NCC)cc1. The van der Waals surface area contributed by atoms with Crippen molar-refractivity contribution in [1.29, 1.82) is 0 Å². The van der Waals surface area contributed by atoms with E-state index in [1.165, 1.54) is 24.0 Å². The van der Waals surface area contributed by atoms with Gasteiger partial charge in [0.15, 0.2) is 0 Å². The van der Waals surface area contributed by atoms with Gasteiger partial charge in [-0.3, -0.25) is 0 Å². The predicted octanol–water partition coefficient (Wildman–Crippen LogP) is 2.78. The van der Waals surface area contributed by atoms with E-state index in [0.29, 0.717) is 6.04 Å². The van der Waals surface area contributed by atoms with Gasteiger partial charge in [-0.05, 0) is 45.2 Å². The molecule has 1 N–H and O–H groups in total. The van der Waals surface area contributed by atoms with Crippen LogP contribution in [0, 0.1) is 0 Å². The van der Waals surface area contributed by atoms with Crippen molar-refractivity contribution in [3.05, 3.63) is 35.4 Å². The van der Waals surface area contributed by atoms with E-state index in [1.807, 2.05) is 0 Å². The van der Waals surface area contributed by atoms with Gasteiger partial charge in [-0.1, -0.05) is 44.5 Å². The molecule has 3 heteroatoms. The topological polar surface area (TPSA) is 18.5 Å². The minimum Gasteiger partial charge on any atom is -0.309 e. The summed E-state index contributed by atoms with van der Waals surface area (Å²) in [5, 5.41) is 3.61. The molecule has 0 bridgehead atoms. The standard InChI is InChI=1S/C18H33N3/c1-6-8-16-9-11-17(12-10-16)18(19-7-2)15-21(5)14-13-20(3)4/h9-12,18-19H,6-8,13-15H2,1-5H3. The molecule has 0 fully saturated rings. The summed E-state index contributed by atoms with van der Waals surface area (Å²) in [7, 11) is 6.46. The maximum absolute atomic E-state index is 3.61. The molecule has 0 saturated heterocycles. The summed E-state index contributed by atoms with van der Waals surface area (Å²) in [5.74, 6) is 0. The van der Waals surface area contributed by atoms with Gasteiger partial charge < -0.3 is 15.1 Å². The first-order valence-corrected chi connectivity index (χ1v) is 8.22. The van der Waals surface area contributed by atoms with Crippen molar-refractivity contribution in [1.82, 2.24) is 15.1 Å². The molecule has 1 rings (SSSR count). The first kappa shape index (κ1) is 18.1. The van der Waals surface area contributed by atoms with Crippen molar-refractivity contribution in [3.63, 3.8) is 0 Å². The van der Waals surface area contributed by atoms with Crippen LogP contribution in [0.15, 0.2) is 24.3 Å². The number of rotatable bonds is 10. The molecule has 0 radical (unpaired) electrons. The summed E-state index contributed by atoms with van der Waals surface area (Å²) in [4.78, 5) is 4.64. The van der Waals surface area contributed by atoms with Crippen molar-refractivity contribution in [3.8, 4) is 0 Å². The van der Waals surface area contributed by atoms with Crippen LogP contribution in [-0.4, -0.2) is 57.1 Å². The van der Waals surface area contributed by atoms with Gasteiger partial charge in [0.05, 0.1) is 0 Å². The van der Waals surface area contributed by atoms with Crippen LogP contribution < -0.4 is 5.32 Å². The minimum absolute atomic E-state index is 0.415. The predicted molar refractivity (Wildman–Crippen MR) is 92.9 cm³/mol. The highest BCUT2D eigenvalue weighted by Crippen LogP contribution is 2.16. The molecule has 21 heavy (non-hydrogen) atoms. The fourth-order valence-corrected chi connectivity index (χ4v) is 2.51. The molecule has 0 spiro atoms.